The third-order valence-electron chi connectivity index (χ3n) is 3.11. The van der Waals surface area contributed by atoms with E-state index in [-0.39, 0.29) is 10.6 Å². The SMILES string of the molecule is CN1CCC(NCc2cccc([N+](=O)[O-])c2)C1. The molecule has 0 amide bonds. The number of rotatable bonds is 4. The standard InChI is InChI=1S/C12H17N3O2/c1-14-6-5-11(9-14)13-8-10-3-2-4-12(7-10)15(16)17/h2-4,7,11,13H,5-6,8-9H2,1H3. The van der Waals surface area contributed by atoms with Gasteiger partial charge in [-0.1, -0.05) is 12.1 Å². The molecule has 17 heavy (non-hydrogen) atoms. The molecule has 1 N–H and O–H groups in total. The molecule has 0 aliphatic carbocycles. The van der Waals surface area contributed by atoms with Crippen LogP contribution in [0.15, 0.2) is 24.3 Å². The van der Waals surface area contributed by atoms with Crippen molar-refractivity contribution in [3.05, 3.63) is 39.9 Å². The van der Waals surface area contributed by atoms with E-state index < -0.39 is 0 Å². The lowest BCUT2D eigenvalue weighted by Crippen LogP contribution is -2.30. The van der Waals surface area contributed by atoms with Gasteiger partial charge < -0.3 is 10.2 Å². The van der Waals surface area contributed by atoms with Gasteiger partial charge in [-0.25, -0.2) is 0 Å². The molecule has 1 saturated heterocycles. The maximum absolute atomic E-state index is 10.6. The molecule has 1 aliphatic heterocycles. The average Bonchev–Trinajstić information content (AvgIpc) is 2.73. The molecule has 1 aromatic rings. The summed E-state index contributed by atoms with van der Waals surface area (Å²) in [4.78, 5) is 12.6. The number of hydrogen-bond donors (Lipinski definition) is 1. The first-order valence-corrected chi connectivity index (χ1v) is 5.80. The smallest absolute Gasteiger partial charge is 0.269 e. The van der Waals surface area contributed by atoms with Crippen LogP contribution in [-0.4, -0.2) is 36.0 Å². The van der Waals surface area contributed by atoms with Gasteiger partial charge in [0.05, 0.1) is 4.92 Å². The van der Waals surface area contributed by atoms with E-state index in [1.807, 2.05) is 6.07 Å². The van der Waals surface area contributed by atoms with Crippen molar-refractivity contribution >= 4 is 5.69 Å². The summed E-state index contributed by atoms with van der Waals surface area (Å²) < 4.78 is 0. The highest BCUT2D eigenvalue weighted by Gasteiger charge is 2.18. The van der Waals surface area contributed by atoms with Gasteiger partial charge in [-0.15, -0.1) is 0 Å². The minimum atomic E-state index is -0.354. The first-order valence-electron chi connectivity index (χ1n) is 5.80. The molecule has 1 heterocycles. The van der Waals surface area contributed by atoms with Gasteiger partial charge >= 0.3 is 0 Å². The highest BCUT2D eigenvalue weighted by Crippen LogP contribution is 2.14. The first-order chi connectivity index (χ1) is 8.15. The molecule has 0 spiro atoms. The Kier molecular flexibility index (Phi) is 3.71. The predicted molar refractivity (Wildman–Crippen MR) is 65.8 cm³/mol. The second-order valence-corrected chi connectivity index (χ2v) is 4.56. The summed E-state index contributed by atoms with van der Waals surface area (Å²) in [6, 6.07) is 7.30. The number of benzene rings is 1. The number of nitro benzene ring substituents is 1. The van der Waals surface area contributed by atoms with Crippen LogP contribution in [0.5, 0.6) is 0 Å². The fourth-order valence-electron chi connectivity index (χ4n) is 2.14. The zero-order valence-corrected chi connectivity index (χ0v) is 9.93. The van der Waals surface area contributed by atoms with Crippen LogP contribution in [0, 0.1) is 10.1 Å². The summed E-state index contributed by atoms with van der Waals surface area (Å²) in [7, 11) is 2.11. The van der Waals surface area contributed by atoms with Gasteiger partial charge in [0.25, 0.3) is 5.69 Å². The van der Waals surface area contributed by atoms with E-state index in [0.29, 0.717) is 12.6 Å². The van der Waals surface area contributed by atoms with Crippen molar-refractivity contribution in [1.82, 2.24) is 10.2 Å². The van der Waals surface area contributed by atoms with Crippen LogP contribution in [-0.2, 0) is 6.54 Å². The van der Waals surface area contributed by atoms with E-state index in [4.69, 9.17) is 0 Å². The molecule has 1 atom stereocenters. The molecular formula is C12H17N3O2. The minimum absolute atomic E-state index is 0.160. The van der Waals surface area contributed by atoms with E-state index in [9.17, 15) is 10.1 Å². The Hall–Kier alpha value is -1.46. The van der Waals surface area contributed by atoms with Crippen LogP contribution in [0.1, 0.15) is 12.0 Å². The Morgan fingerprint density at radius 3 is 3.06 bits per heavy atom. The van der Waals surface area contributed by atoms with Gasteiger partial charge in [-0.3, -0.25) is 10.1 Å². The molecule has 2 rings (SSSR count). The number of nitrogens with zero attached hydrogens (tertiary/aromatic N) is 2. The molecule has 0 saturated carbocycles. The number of nitro groups is 1. The maximum atomic E-state index is 10.6. The van der Waals surface area contributed by atoms with Gasteiger partial charge in [0, 0.05) is 31.3 Å². The van der Waals surface area contributed by atoms with Crippen molar-refractivity contribution in [2.75, 3.05) is 20.1 Å². The molecule has 0 radical (unpaired) electrons. The van der Waals surface area contributed by atoms with Crippen LogP contribution in [0.4, 0.5) is 5.69 Å². The number of hydrogen-bond acceptors (Lipinski definition) is 4. The van der Waals surface area contributed by atoms with E-state index >= 15 is 0 Å². The predicted octanol–water partition coefficient (Wildman–Crippen LogP) is 1.39. The van der Waals surface area contributed by atoms with Gasteiger partial charge in [0.2, 0.25) is 0 Å². The summed E-state index contributed by atoms with van der Waals surface area (Å²) in [5.74, 6) is 0. The molecule has 1 aromatic carbocycles. The molecule has 5 nitrogen and oxygen atoms in total. The minimum Gasteiger partial charge on any atom is -0.309 e. The third-order valence-corrected chi connectivity index (χ3v) is 3.11. The van der Waals surface area contributed by atoms with Crippen LogP contribution < -0.4 is 5.32 Å². The summed E-state index contributed by atoms with van der Waals surface area (Å²) in [5.41, 5.74) is 1.13. The number of non-ortho nitro benzene ring substituents is 1. The summed E-state index contributed by atoms with van der Waals surface area (Å²) in [6.45, 7) is 2.86. The molecular weight excluding hydrogens is 218 g/mol. The van der Waals surface area contributed by atoms with Crippen LogP contribution in [0.3, 0.4) is 0 Å². The first kappa shape index (κ1) is 12.0. The van der Waals surface area contributed by atoms with Gasteiger partial charge in [0.1, 0.15) is 0 Å². The van der Waals surface area contributed by atoms with E-state index in [1.54, 1.807) is 12.1 Å². The van der Waals surface area contributed by atoms with E-state index in [1.165, 1.54) is 6.07 Å². The lowest BCUT2D eigenvalue weighted by molar-refractivity contribution is -0.384. The number of likely N-dealkylation sites (N-methyl/N-ethyl adjacent to an activating group) is 1. The van der Waals surface area contributed by atoms with Gasteiger partial charge in [-0.2, -0.15) is 0 Å². The highest BCUT2D eigenvalue weighted by atomic mass is 16.6. The monoisotopic (exact) mass is 235 g/mol. The molecule has 1 unspecified atom stereocenters. The lowest BCUT2D eigenvalue weighted by atomic mass is 10.2. The second kappa shape index (κ2) is 5.25. The summed E-state index contributed by atoms with van der Waals surface area (Å²) >= 11 is 0. The summed E-state index contributed by atoms with van der Waals surface area (Å²) in [6.07, 6.45) is 1.14. The lowest BCUT2D eigenvalue weighted by Gasteiger charge is -2.12. The van der Waals surface area contributed by atoms with Crippen molar-refractivity contribution in [3.63, 3.8) is 0 Å². The molecule has 0 aromatic heterocycles. The maximum Gasteiger partial charge on any atom is 0.269 e. The zero-order valence-electron chi connectivity index (χ0n) is 9.93. The summed E-state index contributed by atoms with van der Waals surface area (Å²) in [5, 5.41) is 14.1. The van der Waals surface area contributed by atoms with Crippen molar-refractivity contribution in [1.29, 1.82) is 0 Å². The Morgan fingerprint density at radius 1 is 1.59 bits per heavy atom. The van der Waals surface area contributed by atoms with Crippen LogP contribution in [0.2, 0.25) is 0 Å². The molecule has 5 heteroatoms. The number of nitrogens with one attached hydrogen (secondary N) is 1. The van der Waals surface area contributed by atoms with Crippen LogP contribution in [0.25, 0.3) is 0 Å². The van der Waals surface area contributed by atoms with Crippen LogP contribution >= 0.6 is 0 Å². The Balaban J connectivity index is 1.90. The fourth-order valence-corrected chi connectivity index (χ4v) is 2.14. The average molecular weight is 235 g/mol. The molecule has 92 valence electrons. The van der Waals surface area contributed by atoms with Gasteiger partial charge in [-0.05, 0) is 25.6 Å². The largest absolute Gasteiger partial charge is 0.309 e. The number of likely N-dealkylation sites (tertiary alicyclic amines) is 1. The Morgan fingerprint density at radius 2 is 2.41 bits per heavy atom. The van der Waals surface area contributed by atoms with Gasteiger partial charge in [0.15, 0.2) is 0 Å². The van der Waals surface area contributed by atoms with E-state index in [0.717, 1.165) is 25.1 Å². The Bertz CT molecular complexity index is 408. The Labute approximate surface area is 101 Å². The van der Waals surface area contributed by atoms with Crippen molar-refractivity contribution < 1.29 is 4.92 Å². The fraction of sp³-hybridized carbons (Fsp3) is 0.500. The third kappa shape index (κ3) is 3.25. The second-order valence-electron chi connectivity index (χ2n) is 4.56. The molecule has 1 aliphatic rings. The topological polar surface area (TPSA) is 58.4 Å². The van der Waals surface area contributed by atoms with Crippen molar-refractivity contribution in [2.45, 2.75) is 19.0 Å². The van der Waals surface area contributed by atoms with Crippen molar-refractivity contribution in [2.24, 2.45) is 0 Å². The molecule has 0 bridgehead atoms. The molecule has 1 fully saturated rings. The zero-order chi connectivity index (χ0) is 12.3. The normalized spacial score (nSPS) is 20.6. The highest BCUT2D eigenvalue weighted by molar-refractivity contribution is 5.34. The van der Waals surface area contributed by atoms with Crippen molar-refractivity contribution in [3.8, 4) is 0 Å². The van der Waals surface area contributed by atoms with E-state index in [2.05, 4.69) is 17.3 Å². The quantitative estimate of drug-likeness (QED) is 0.633.